The van der Waals surface area contributed by atoms with Gasteiger partial charge < -0.3 is 0 Å². The van der Waals surface area contributed by atoms with E-state index in [2.05, 4.69) is 10.3 Å². The van der Waals surface area contributed by atoms with Gasteiger partial charge in [0.2, 0.25) is 0 Å². The third kappa shape index (κ3) is 3.55. The predicted octanol–water partition coefficient (Wildman–Crippen LogP) is 2.93. The highest BCUT2D eigenvalue weighted by Crippen LogP contribution is 2.23. The zero-order valence-electron chi connectivity index (χ0n) is 11.4. The first-order valence-electron chi connectivity index (χ1n) is 6.12. The Hall–Kier alpha value is -2.47. The van der Waals surface area contributed by atoms with E-state index in [0.29, 0.717) is 5.82 Å². The molecule has 108 valence electrons. The Kier molecular flexibility index (Phi) is 4.18. The fraction of sp³-hybridized carbons (Fsp3) is 0.143. The van der Waals surface area contributed by atoms with Crippen molar-refractivity contribution in [2.24, 2.45) is 0 Å². The molecule has 0 saturated carbocycles. The van der Waals surface area contributed by atoms with Crippen molar-refractivity contribution in [1.82, 2.24) is 0 Å². The largest absolute Gasteiger partial charge is 0.340 e. The third-order valence-electron chi connectivity index (χ3n) is 2.80. The van der Waals surface area contributed by atoms with E-state index in [1.807, 2.05) is 19.9 Å². The number of halogens is 1. The van der Waals surface area contributed by atoms with E-state index in [9.17, 15) is 14.9 Å². The first kappa shape index (κ1) is 14.9. The summed E-state index contributed by atoms with van der Waals surface area (Å²) in [6.07, 6.45) is 0. The SMILES string of the molecule is Cc1cc(C)[nH+]c(NC(=O)c2ccc([N+](=O)[O-])cc2Cl)c1. The minimum absolute atomic E-state index is 0.0334. The first-order valence-corrected chi connectivity index (χ1v) is 6.50. The van der Waals surface area contributed by atoms with Crippen LogP contribution in [0.2, 0.25) is 5.02 Å². The van der Waals surface area contributed by atoms with Crippen LogP contribution in [0.15, 0.2) is 30.3 Å². The maximum Gasteiger partial charge on any atom is 0.340 e. The molecule has 2 rings (SSSR count). The monoisotopic (exact) mass is 306 g/mol. The number of aromatic amines is 1. The summed E-state index contributed by atoms with van der Waals surface area (Å²) in [7, 11) is 0. The number of hydrogen-bond donors (Lipinski definition) is 1. The van der Waals surface area contributed by atoms with Crippen molar-refractivity contribution in [1.29, 1.82) is 0 Å². The maximum atomic E-state index is 12.2. The van der Waals surface area contributed by atoms with E-state index < -0.39 is 10.8 Å². The molecule has 0 radical (unpaired) electrons. The lowest BCUT2D eigenvalue weighted by Crippen LogP contribution is -2.21. The number of nitrogens with one attached hydrogen (secondary N) is 2. The number of nitro benzene ring substituents is 1. The molecule has 1 aromatic carbocycles. The molecule has 0 saturated heterocycles. The van der Waals surface area contributed by atoms with Gasteiger partial charge in [0.1, 0.15) is 0 Å². The van der Waals surface area contributed by atoms with E-state index >= 15 is 0 Å². The normalized spacial score (nSPS) is 10.2. The van der Waals surface area contributed by atoms with Gasteiger partial charge in [0.25, 0.3) is 11.5 Å². The molecule has 0 aliphatic heterocycles. The van der Waals surface area contributed by atoms with Gasteiger partial charge in [0.05, 0.1) is 21.2 Å². The number of carbonyl (C=O) groups excluding carboxylic acids is 1. The lowest BCUT2D eigenvalue weighted by atomic mass is 10.2. The zero-order chi connectivity index (χ0) is 15.6. The molecule has 0 aliphatic rings. The van der Waals surface area contributed by atoms with Gasteiger partial charge >= 0.3 is 5.91 Å². The zero-order valence-corrected chi connectivity index (χ0v) is 12.2. The Morgan fingerprint density at radius 2 is 2.00 bits per heavy atom. The average molecular weight is 307 g/mol. The smallest absolute Gasteiger partial charge is 0.258 e. The lowest BCUT2D eigenvalue weighted by Gasteiger charge is -2.02. The topological polar surface area (TPSA) is 86.4 Å². The number of hydrogen-bond acceptors (Lipinski definition) is 3. The molecule has 1 amide bonds. The minimum Gasteiger partial charge on any atom is -0.258 e. The van der Waals surface area contributed by atoms with Gasteiger partial charge in [0, 0.05) is 18.2 Å². The summed E-state index contributed by atoms with van der Waals surface area (Å²) in [5, 5.41) is 13.4. The molecule has 0 aliphatic carbocycles. The number of nitrogens with zero attached hydrogens (tertiary/aromatic N) is 1. The van der Waals surface area contributed by atoms with Crippen LogP contribution in [-0.2, 0) is 0 Å². The number of carbonyl (C=O) groups is 1. The highest BCUT2D eigenvalue weighted by Gasteiger charge is 2.19. The summed E-state index contributed by atoms with van der Waals surface area (Å²) in [6.45, 7) is 3.79. The van der Waals surface area contributed by atoms with Crippen molar-refractivity contribution in [3.63, 3.8) is 0 Å². The molecule has 21 heavy (non-hydrogen) atoms. The number of aromatic nitrogens is 1. The molecule has 1 heterocycles. The van der Waals surface area contributed by atoms with Crippen molar-refractivity contribution in [2.45, 2.75) is 13.8 Å². The number of H-pyrrole nitrogens is 1. The van der Waals surface area contributed by atoms with Crippen molar-refractivity contribution in [3.05, 3.63) is 62.3 Å². The molecule has 0 atom stereocenters. The average Bonchev–Trinajstić information content (AvgIpc) is 2.36. The van der Waals surface area contributed by atoms with Gasteiger partial charge in [-0.05, 0) is 31.5 Å². The van der Waals surface area contributed by atoms with E-state index in [0.717, 1.165) is 17.3 Å². The molecule has 0 bridgehead atoms. The Morgan fingerprint density at radius 3 is 2.57 bits per heavy atom. The van der Waals surface area contributed by atoms with Crippen LogP contribution in [0.25, 0.3) is 0 Å². The predicted molar refractivity (Wildman–Crippen MR) is 78.5 cm³/mol. The number of amides is 1. The van der Waals surface area contributed by atoms with E-state index in [-0.39, 0.29) is 16.3 Å². The van der Waals surface area contributed by atoms with Gasteiger partial charge in [-0.25, -0.2) is 15.1 Å². The number of non-ortho nitro benzene ring substituents is 1. The molecule has 7 heteroatoms. The molecule has 0 fully saturated rings. The van der Waals surface area contributed by atoms with Gasteiger partial charge in [0.15, 0.2) is 0 Å². The van der Waals surface area contributed by atoms with Crippen LogP contribution < -0.4 is 10.3 Å². The second kappa shape index (κ2) is 5.88. The third-order valence-corrected chi connectivity index (χ3v) is 3.12. The van der Waals surface area contributed by atoms with Gasteiger partial charge in [-0.1, -0.05) is 11.6 Å². The standard InChI is InChI=1S/C14H12ClN3O3/c1-8-5-9(2)16-13(6-8)17-14(19)11-4-3-10(18(20)21)7-12(11)15/h3-7H,1-2H3,(H,16,17,19)/p+1. The number of benzene rings is 1. The second-order valence-electron chi connectivity index (χ2n) is 4.63. The minimum atomic E-state index is -0.564. The van der Waals surface area contributed by atoms with Crippen LogP contribution in [0, 0.1) is 24.0 Å². The molecule has 0 unspecified atom stereocenters. The second-order valence-corrected chi connectivity index (χ2v) is 5.04. The van der Waals surface area contributed by atoms with Crippen molar-refractivity contribution < 1.29 is 14.7 Å². The van der Waals surface area contributed by atoms with Crippen LogP contribution in [0.5, 0.6) is 0 Å². The molecule has 1 aromatic heterocycles. The van der Waals surface area contributed by atoms with Gasteiger partial charge in [-0.2, -0.15) is 0 Å². The number of anilines is 1. The Morgan fingerprint density at radius 1 is 1.29 bits per heavy atom. The molecule has 6 nitrogen and oxygen atoms in total. The fourth-order valence-electron chi connectivity index (χ4n) is 1.95. The quantitative estimate of drug-likeness (QED) is 0.698. The molecule has 0 spiro atoms. The van der Waals surface area contributed by atoms with Gasteiger partial charge in [-0.3, -0.25) is 10.1 Å². The van der Waals surface area contributed by atoms with Crippen LogP contribution in [0.3, 0.4) is 0 Å². The number of pyridine rings is 1. The summed E-state index contributed by atoms with van der Waals surface area (Å²) in [5.74, 6) is 0.100. The van der Waals surface area contributed by atoms with Crippen molar-refractivity contribution >= 4 is 29.0 Å². The molecular weight excluding hydrogens is 294 g/mol. The summed E-state index contributed by atoms with van der Waals surface area (Å²) < 4.78 is 0. The lowest BCUT2D eigenvalue weighted by molar-refractivity contribution is -0.384. The van der Waals surface area contributed by atoms with E-state index in [1.54, 1.807) is 6.07 Å². The van der Waals surface area contributed by atoms with Crippen LogP contribution >= 0.6 is 11.6 Å². The summed E-state index contributed by atoms with van der Waals surface area (Å²) in [4.78, 5) is 25.2. The maximum absolute atomic E-state index is 12.2. The molecular formula is C14H13ClN3O3+. The summed E-state index contributed by atoms with van der Waals surface area (Å²) in [5.41, 5.74) is 1.92. The van der Waals surface area contributed by atoms with E-state index in [1.165, 1.54) is 12.1 Å². The number of nitro groups is 1. The van der Waals surface area contributed by atoms with E-state index in [4.69, 9.17) is 11.6 Å². The number of aryl methyl sites for hydroxylation is 2. The molecule has 2 N–H and O–H groups in total. The van der Waals surface area contributed by atoms with Crippen molar-refractivity contribution in [2.75, 3.05) is 5.32 Å². The van der Waals surface area contributed by atoms with Crippen LogP contribution in [-0.4, -0.2) is 10.8 Å². The van der Waals surface area contributed by atoms with Crippen molar-refractivity contribution in [3.8, 4) is 0 Å². The Bertz CT molecular complexity index is 711. The Balaban J connectivity index is 2.26. The molecule has 2 aromatic rings. The Labute approximate surface area is 125 Å². The van der Waals surface area contributed by atoms with Crippen LogP contribution in [0.1, 0.15) is 21.6 Å². The first-order chi connectivity index (χ1) is 9.86. The van der Waals surface area contributed by atoms with Gasteiger partial charge in [-0.15, -0.1) is 0 Å². The highest BCUT2D eigenvalue weighted by molar-refractivity contribution is 6.34. The summed E-state index contributed by atoms with van der Waals surface area (Å²) in [6, 6.07) is 7.45. The highest BCUT2D eigenvalue weighted by atomic mass is 35.5. The fourth-order valence-corrected chi connectivity index (χ4v) is 2.21. The summed E-state index contributed by atoms with van der Waals surface area (Å²) >= 11 is 5.92. The number of rotatable bonds is 3. The van der Waals surface area contributed by atoms with Crippen LogP contribution in [0.4, 0.5) is 11.5 Å².